The number of sulfonamides is 1. The number of thiazole rings is 1. The number of hydrogen-bond acceptors (Lipinski definition) is 5. The third-order valence-corrected chi connectivity index (χ3v) is 5.22. The van der Waals surface area contributed by atoms with E-state index in [1.54, 1.807) is 0 Å². The fourth-order valence-electron chi connectivity index (χ4n) is 1.44. The Labute approximate surface area is 123 Å². The molecule has 10 heteroatoms. The van der Waals surface area contributed by atoms with Crippen LogP contribution < -0.4 is 0 Å². The van der Waals surface area contributed by atoms with Gasteiger partial charge in [0.1, 0.15) is 5.69 Å². The Balaban J connectivity index is 2.45. The maximum Gasteiger partial charge on any atom is 0.443 e. The molecule has 2 aromatic rings. The Bertz CT molecular complexity index is 754. The Morgan fingerprint density at radius 2 is 1.90 bits per heavy atom. The second kappa shape index (κ2) is 5.35. The van der Waals surface area contributed by atoms with E-state index in [2.05, 4.69) is 9.97 Å². The Morgan fingerprint density at radius 1 is 1.24 bits per heavy atom. The number of rotatable bonds is 3. The summed E-state index contributed by atoms with van der Waals surface area (Å²) in [6.07, 6.45) is -3.31. The van der Waals surface area contributed by atoms with Crippen molar-refractivity contribution >= 4 is 21.4 Å². The molecule has 0 amide bonds. The van der Waals surface area contributed by atoms with E-state index in [4.69, 9.17) is 0 Å². The van der Waals surface area contributed by atoms with Gasteiger partial charge in [-0.05, 0) is 12.1 Å². The first-order chi connectivity index (χ1) is 9.62. The van der Waals surface area contributed by atoms with Crippen molar-refractivity contribution in [2.45, 2.75) is 11.1 Å². The molecule has 0 aliphatic heterocycles. The number of aromatic nitrogens is 2. The molecule has 0 aliphatic carbocycles. The zero-order valence-corrected chi connectivity index (χ0v) is 12.6. The van der Waals surface area contributed by atoms with Crippen LogP contribution in [0.5, 0.6) is 0 Å². The van der Waals surface area contributed by atoms with Gasteiger partial charge in [-0.1, -0.05) is 0 Å². The van der Waals surface area contributed by atoms with Crippen molar-refractivity contribution in [3.63, 3.8) is 0 Å². The van der Waals surface area contributed by atoms with Gasteiger partial charge in [0.2, 0.25) is 10.0 Å². The van der Waals surface area contributed by atoms with E-state index in [-0.39, 0.29) is 16.3 Å². The van der Waals surface area contributed by atoms with Crippen molar-refractivity contribution in [2.75, 3.05) is 14.1 Å². The lowest BCUT2D eigenvalue weighted by Crippen LogP contribution is -2.22. The molecule has 0 atom stereocenters. The average Bonchev–Trinajstić information content (AvgIpc) is 2.88. The Morgan fingerprint density at radius 3 is 2.43 bits per heavy atom. The first kappa shape index (κ1) is 15.9. The van der Waals surface area contributed by atoms with Gasteiger partial charge in [-0.25, -0.2) is 17.7 Å². The average molecular weight is 337 g/mol. The standard InChI is InChI=1S/C11H10F3N3O2S2/c1-17(2)21(18,19)7-3-4-15-8(5-7)9-6-20-10(16-9)11(12,13)14/h3-6H,1-2H3. The van der Waals surface area contributed by atoms with Crippen molar-refractivity contribution in [1.82, 2.24) is 14.3 Å². The molecule has 0 fully saturated rings. The van der Waals surface area contributed by atoms with Gasteiger partial charge >= 0.3 is 6.18 Å². The summed E-state index contributed by atoms with van der Waals surface area (Å²) in [6.45, 7) is 0. The summed E-state index contributed by atoms with van der Waals surface area (Å²) in [4.78, 5) is 7.26. The molecular weight excluding hydrogens is 327 g/mol. The lowest BCUT2D eigenvalue weighted by Gasteiger charge is -2.11. The molecule has 0 aromatic carbocycles. The van der Waals surface area contributed by atoms with Crippen molar-refractivity contribution in [3.05, 3.63) is 28.7 Å². The molecular formula is C11H10F3N3O2S2. The summed E-state index contributed by atoms with van der Waals surface area (Å²) in [5.41, 5.74) is 0.0628. The predicted molar refractivity (Wildman–Crippen MR) is 71.2 cm³/mol. The topological polar surface area (TPSA) is 63.2 Å². The summed E-state index contributed by atoms with van der Waals surface area (Å²) in [5.74, 6) is 0. The number of pyridine rings is 1. The molecule has 2 heterocycles. The smallest absolute Gasteiger partial charge is 0.254 e. The first-order valence-corrected chi connectivity index (χ1v) is 7.86. The number of halogens is 3. The van der Waals surface area contributed by atoms with E-state index < -0.39 is 21.2 Å². The van der Waals surface area contributed by atoms with E-state index in [1.165, 1.54) is 37.8 Å². The minimum absolute atomic E-state index is 0.0110. The van der Waals surface area contributed by atoms with E-state index >= 15 is 0 Å². The quantitative estimate of drug-likeness (QED) is 0.863. The van der Waals surface area contributed by atoms with E-state index in [1.807, 2.05) is 0 Å². The minimum atomic E-state index is -4.53. The highest BCUT2D eigenvalue weighted by Crippen LogP contribution is 2.34. The van der Waals surface area contributed by atoms with Crippen LogP contribution in [0.2, 0.25) is 0 Å². The summed E-state index contributed by atoms with van der Waals surface area (Å²) in [5, 5.41) is 0.192. The molecule has 0 saturated carbocycles. The lowest BCUT2D eigenvalue weighted by atomic mass is 10.3. The lowest BCUT2D eigenvalue weighted by molar-refractivity contribution is -0.137. The van der Waals surface area contributed by atoms with Gasteiger partial charge in [-0.15, -0.1) is 11.3 Å². The number of alkyl halides is 3. The van der Waals surface area contributed by atoms with Gasteiger partial charge in [-0.2, -0.15) is 13.2 Å². The molecule has 5 nitrogen and oxygen atoms in total. The fourth-order valence-corrected chi connectivity index (χ4v) is 3.04. The van der Waals surface area contributed by atoms with Crippen LogP contribution >= 0.6 is 11.3 Å². The molecule has 2 rings (SSSR count). The maximum atomic E-state index is 12.5. The van der Waals surface area contributed by atoms with E-state index in [0.717, 1.165) is 4.31 Å². The van der Waals surface area contributed by atoms with Crippen LogP contribution in [0.15, 0.2) is 28.6 Å². The third kappa shape index (κ3) is 3.22. The zero-order valence-electron chi connectivity index (χ0n) is 10.9. The predicted octanol–water partition coefficient (Wildman–Crippen LogP) is 2.47. The highest BCUT2D eigenvalue weighted by atomic mass is 32.2. The van der Waals surface area contributed by atoms with E-state index in [0.29, 0.717) is 11.3 Å². The highest BCUT2D eigenvalue weighted by molar-refractivity contribution is 7.89. The third-order valence-electron chi connectivity index (χ3n) is 2.52. The van der Waals surface area contributed by atoms with Crippen molar-refractivity contribution in [2.24, 2.45) is 0 Å². The SMILES string of the molecule is CN(C)S(=O)(=O)c1ccnc(-c2csc(C(F)(F)F)n2)c1. The van der Waals surface area contributed by atoms with Crippen LogP contribution in [-0.2, 0) is 16.2 Å². The van der Waals surface area contributed by atoms with Crippen LogP contribution in [0.1, 0.15) is 5.01 Å². The van der Waals surface area contributed by atoms with Gasteiger partial charge in [0.15, 0.2) is 5.01 Å². The summed E-state index contributed by atoms with van der Waals surface area (Å²) in [7, 11) is -0.960. The highest BCUT2D eigenvalue weighted by Gasteiger charge is 2.34. The summed E-state index contributed by atoms with van der Waals surface area (Å²) < 4.78 is 62.5. The van der Waals surface area contributed by atoms with Gasteiger partial charge in [0, 0.05) is 25.7 Å². The van der Waals surface area contributed by atoms with Gasteiger partial charge in [0.25, 0.3) is 0 Å². The van der Waals surface area contributed by atoms with Gasteiger partial charge in [-0.3, -0.25) is 4.98 Å². The van der Waals surface area contributed by atoms with Crippen LogP contribution in [-0.4, -0.2) is 36.8 Å². The molecule has 0 N–H and O–H groups in total. The molecule has 0 radical (unpaired) electrons. The molecule has 0 spiro atoms. The normalized spacial score (nSPS) is 12.9. The number of hydrogen-bond donors (Lipinski definition) is 0. The molecule has 0 aliphatic rings. The minimum Gasteiger partial charge on any atom is -0.254 e. The Hall–Kier alpha value is -1.52. The fraction of sp³-hybridized carbons (Fsp3) is 0.273. The second-order valence-electron chi connectivity index (χ2n) is 4.20. The van der Waals surface area contributed by atoms with Gasteiger partial charge < -0.3 is 0 Å². The monoisotopic (exact) mass is 337 g/mol. The second-order valence-corrected chi connectivity index (χ2v) is 7.21. The van der Waals surface area contributed by atoms with Crippen LogP contribution in [0.4, 0.5) is 13.2 Å². The van der Waals surface area contributed by atoms with Crippen LogP contribution in [0, 0.1) is 0 Å². The molecule has 0 saturated heterocycles. The first-order valence-electron chi connectivity index (χ1n) is 5.54. The van der Waals surface area contributed by atoms with E-state index in [9.17, 15) is 21.6 Å². The van der Waals surface area contributed by atoms with Crippen molar-refractivity contribution in [1.29, 1.82) is 0 Å². The van der Waals surface area contributed by atoms with Crippen LogP contribution in [0.3, 0.4) is 0 Å². The largest absolute Gasteiger partial charge is 0.443 e. The maximum absolute atomic E-state index is 12.5. The summed E-state index contributed by atoms with van der Waals surface area (Å²) >= 11 is 0.435. The molecule has 114 valence electrons. The molecule has 0 bridgehead atoms. The summed E-state index contributed by atoms with van der Waals surface area (Å²) in [6, 6.07) is 2.47. The molecule has 21 heavy (non-hydrogen) atoms. The van der Waals surface area contributed by atoms with Crippen LogP contribution in [0.25, 0.3) is 11.4 Å². The van der Waals surface area contributed by atoms with Crippen molar-refractivity contribution in [3.8, 4) is 11.4 Å². The zero-order chi connectivity index (χ0) is 15.8. The Kier molecular flexibility index (Phi) is 4.04. The van der Waals surface area contributed by atoms with Gasteiger partial charge in [0.05, 0.1) is 10.6 Å². The molecule has 2 aromatic heterocycles. The van der Waals surface area contributed by atoms with Crippen molar-refractivity contribution < 1.29 is 21.6 Å². The molecule has 0 unspecified atom stereocenters. The number of nitrogens with zero attached hydrogens (tertiary/aromatic N) is 3.